The number of H-pyrrole nitrogens is 1. The fourth-order valence-electron chi connectivity index (χ4n) is 3.59. The van der Waals surface area contributed by atoms with Gasteiger partial charge in [0.15, 0.2) is 0 Å². The quantitative estimate of drug-likeness (QED) is 0.393. The Morgan fingerprint density at radius 1 is 1.38 bits per heavy atom. The smallest absolute Gasteiger partial charge is 0.329 e. The van der Waals surface area contributed by atoms with Crippen LogP contribution >= 0.6 is 0 Å². The predicted molar refractivity (Wildman–Crippen MR) is 119 cm³/mol. The van der Waals surface area contributed by atoms with Gasteiger partial charge in [0.1, 0.15) is 23.3 Å². The van der Waals surface area contributed by atoms with Crippen molar-refractivity contribution in [2.75, 3.05) is 7.11 Å². The molecular formula is C23H25FN4O4. The SMILES string of the molecule is C=CCCCC(C(=O)NC(C)c1ncccc1OC)n1c(=O)[nH]c2ccc(F)cc2c1=O. The molecule has 32 heavy (non-hydrogen) atoms. The molecule has 0 aliphatic carbocycles. The van der Waals surface area contributed by atoms with E-state index >= 15 is 0 Å². The number of aromatic nitrogens is 3. The number of hydrogen-bond donors (Lipinski definition) is 2. The molecule has 0 saturated heterocycles. The number of rotatable bonds is 9. The fraction of sp³-hybridized carbons (Fsp3) is 0.304. The number of pyridine rings is 1. The summed E-state index contributed by atoms with van der Waals surface area (Å²) in [5, 5.41) is 2.81. The number of ether oxygens (including phenoxy) is 1. The van der Waals surface area contributed by atoms with Crippen molar-refractivity contribution >= 4 is 16.8 Å². The summed E-state index contributed by atoms with van der Waals surface area (Å²) >= 11 is 0. The molecule has 9 heteroatoms. The molecule has 0 aliphatic rings. The van der Waals surface area contributed by atoms with Crippen LogP contribution in [0.4, 0.5) is 4.39 Å². The first-order valence-electron chi connectivity index (χ1n) is 10.2. The van der Waals surface area contributed by atoms with E-state index in [0.29, 0.717) is 24.3 Å². The molecule has 0 radical (unpaired) electrons. The molecule has 3 rings (SSSR count). The minimum atomic E-state index is -1.10. The molecule has 2 atom stereocenters. The van der Waals surface area contributed by atoms with E-state index in [1.165, 1.54) is 13.2 Å². The van der Waals surface area contributed by atoms with E-state index in [0.717, 1.165) is 16.7 Å². The number of aromatic amines is 1. The average molecular weight is 440 g/mol. The van der Waals surface area contributed by atoms with E-state index in [1.54, 1.807) is 31.3 Å². The van der Waals surface area contributed by atoms with Gasteiger partial charge in [0, 0.05) is 6.20 Å². The standard InChI is InChI=1S/C23H25FN4O4/c1-4-5-6-8-18(21(29)26-14(2)20-19(32-3)9-7-12-25-20)28-22(30)16-13-15(24)10-11-17(16)27-23(28)31/h4,7,9-14,18H,1,5-6,8H2,2-3H3,(H,26,29)(H,27,31). The largest absolute Gasteiger partial charge is 0.495 e. The highest BCUT2D eigenvalue weighted by atomic mass is 19.1. The molecule has 168 valence electrons. The lowest BCUT2D eigenvalue weighted by Crippen LogP contribution is -2.45. The number of amides is 1. The van der Waals surface area contributed by atoms with Crippen LogP contribution in [0.25, 0.3) is 10.9 Å². The summed E-state index contributed by atoms with van der Waals surface area (Å²) in [6.45, 7) is 5.40. The van der Waals surface area contributed by atoms with Crippen LogP contribution in [-0.4, -0.2) is 27.6 Å². The maximum absolute atomic E-state index is 13.7. The first kappa shape index (κ1) is 22.9. The third-order valence-electron chi connectivity index (χ3n) is 5.18. The van der Waals surface area contributed by atoms with E-state index < -0.39 is 35.1 Å². The molecule has 0 saturated carbocycles. The van der Waals surface area contributed by atoms with E-state index in [4.69, 9.17) is 4.74 Å². The lowest BCUT2D eigenvalue weighted by atomic mass is 10.1. The van der Waals surface area contributed by atoms with Crippen molar-refractivity contribution in [1.82, 2.24) is 19.9 Å². The highest BCUT2D eigenvalue weighted by Crippen LogP contribution is 2.23. The van der Waals surface area contributed by atoms with E-state index in [2.05, 4.69) is 21.9 Å². The lowest BCUT2D eigenvalue weighted by Gasteiger charge is -2.22. The summed E-state index contributed by atoms with van der Waals surface area (Å²) in [7, 11) is 1.50. The minimum absolute atomic E-state index is 0.00874. The Hall–Kier alpha value is -3.75. The first-order valence-corrected chi connectivity index (χ1v) is 10.2. The molecule has 2 unspecified atom stereocenters. The van der Waals surface area contributed by atoms with Gasteiger partial charge in [-0.15, -0.1) is 6.58 Å². The summed E-state index contributed by atoms with van der Waals surface area (Å²) in [6.07, 6.45) is 4.61. The summed E-state index contributed by atoms with van der Waals surface area (Å²) in [5.41, 5.74) is -0.759. The van der Waals surface area contributed by atoms with Crippen LogP contribution in [0, 0.1) is 5.82 Å². The Morgan fingerprint density at radius 2 is 2.16 bits per heavy atom. The van der Waals surface area contributed by atoms with E-state index in [-0.39, 0.29) is 17.3 Å². The molecule has 2 aromatic heterocycles. The molecule has 1 amide bonds. The molecule has 0 spiro atoms. The molecule has 0 bridgehead atoms. The number of carbonyl (C=O) groups is 1. The summed E-state index contributed by atoms with van der Waals surface area (Å²) in [5.74, 6) is -0.644. The van der Waals surface area contributed by atoms with E-state index in [9.17, 15) is 18.8 Å². The Kier molecular flexibility index (Phi) is 7.19. The summed E-state index contributed by atoms with van der Waals surface area (Å²) in [6, 6.07) is 5.30. The molecular weight excluding hydrogens is 415 g/mol. The van der Waals surface area contributed by atoms with Crippen molar-refractivity contribution in [2.24, 2.45) is 0 Å². The van der Waals surface area contributed by atoms with Crippen LogP contribution in [0.3, 0.4) is 0 Å². The second-order valence-corrected chi connectivity index (χ2v) is 7.35. The molecule has 0 fully saturated rings. The molecule has 8 nitrogen and oxygen atoms in total. The number of allylic oxidation sites excluding steroid dienone is 1. The van der Waals surface area contributed by atoms with Gasteiger partial charge in [0.2, 0.25) is 5.91 Å². The topological polar surface area (TPSA) is 106 Å². The van der Waals surface area contributed by atoms with Crippen molar-refractivity contribution in [3.63, 3.8) is 0 Å². The maximum Gasteiger partial charge on any atom is 0.329 e. The number of unbranched alkanes of at least 4 members (excludes halogenated alkanes) is 1. The van der Waals surface area contributed by atoms with Gasteiger partial charge in [0.25, 0.3) is 5.56 Å². The highest BCUT2D eigenvalue weighted by molar-refractivity contribution is 5.82. The fourth-order valence-corrected chi connectivity index (χ4v) is 3.59. The van der Waals surface area contributed by atoms with Gasteiger partial charge in [-0.2, -0.15) is 0 Å². The second-order valence-electron chi connectivity index (χ2n) is 7.35. The van der Waals surface area contributed by atoms with Crippen LogP contribution in [0.5, 0.6) is 5.75 Å². The van der Waals surface area contributed by atoms with Crippen LogP contribution < -0.4 is 21.3 Å². The van der Waals surface area contributed by atoms with Gasteiger partial charge in [-0.25, -0.2) is 13.8 Å². The third-order valence-corrected chi connectivity index (χ3v) is 5.18. The Morgan fingerprint density at radius 3 is 2.88 bits per heavy atom. The first-order chi connectivity index (χ1) is 15.4. The number of methoxy groups -OCH3 is 1. The number of nitrogens with one attached hydrogen (secondary N) is 2. The molecule has 0 aliphatic heterocycles. The minimum Gasteiger partial charge on any atom is -0.495 e. The van der Waals surface area contributed by atoms with E-state index in [1.807, 2.05) is 0 Å². The van der Waals surface area contributed by atoms with Gasteiger partial charge >= 0.3 is 5.69 Å². The average Bonchev–Trinajstić information content (AvgIpc) is 2.78. The monoisotopic (exact) mass is 440 g/mol. The summed E-state index contributed by atoms with van der Waals surface area (Å²) < 4.78 is 19.9. The summed E-state index contributed by atoms with van der Waals surface area (Å²) in [4.78, 5) is 45.9. The zero-order valence-electron chi connectivity index (χ0n) is 17.9. The van der Waals surface area contributed by atoms with Gasteiger partial charge in [0.05, 0.1) is 24.1 Å². The van der Waals surface area contributed by atoms with Crippen molar-refractivity contribution in [3.05, 3.63) is 81.5 Å². The normalized spacial score (nSPS) is 12.8. The Balaban J connectivity index is 2.01. The van der Waals surface area contributed by atoms with Crippen LogP contribution in [-0.2, 0) is 4.79 Å². The highest BCUT2D eigenvalue weighted by Gasteiger charge is 2.27. The van der Waals surface area contributed by atoms with Crippen LogP contribution in [0.1, 0.15) is 44.0 Å². The van der Waals surface area contributed by atoms with Gasteiger partial charge < -0.3 is 15.0 Å². The maximum atomic E-state index is 13.7. The molecule has 2 heterocycles. The second kappa shape index (κ2) is 10.0. The Labute approximate surface area is 183 Å². The molecule has 3 aromatic rings. The number of hydrogen-bond acceptors (Lipinski definition) is 5. The number of fused-ring (bicyclic) bond motifs is 1. The zero-order valence-corrected chi connectivity index (χ0v) is 17.9. The molecule has 1 aromatic carbocycles. The number of nitrogens with zero attached hydrogens (tertiary/aromatic N) is 2. The predicted octanol–water partition coefficient (Wildman–Crippen LogP) is 3.01. The van der Waals surface area contributed by atoms with Gasteiger partial charge in [-0.1, -0.05) is 6.08 Å². The van der Waals surface area contributed by atoms with Crippen LogP contribution in [0.2, 0.25) is 0 Å². The molecule has 2 N–H and O–H groups in total. The number of benzene rings is 1. The zero-order chi connectivity index (χ0) is 23.3. The van der Waals surface area contributed by atoms with Gasteiger partial charge in [-0.3, -0.25) is 14.6 Å². The van der Waals surface area contributed by atoms with Gasteiger partial charge in [-0.05, 0) is 56.5 Å². The van der Waals surface area contributed by atoms with Crippen molar-refractivity contribution in [2.45, 2.75) is 38.3 Å². The number of carbonyl (C=O) groups excluding carboxylic acids is 1. The van der Waals surface area contributed by atoms with Crippen LogP contribution in [0.15, 0.2) is 58.8 Å². The Bertz CT molecular complexity index is 1250. The third kappa shape index (κ3) is 4.77. The number of halogens is 1. The lowest BCUT2D eigenvalue weighted by molar-refractivity contribution is -0.125. The van der Waals surface area contributed by atoms with Crippen molar-refractivity contribution < 1.29 is 13.9 Å². The van der Waals surface area contributed by atoms with Crippen molar-refractivity contribution in [3.8, 4) is 5.75 Å². The van der Waals surface area contributed by atoms with Crippen molar-refractivity contribution in [1.29, 1.82) is 0 Å².